The minimum absolute atomic E-state index is 0.322. The molecule has 2 N–H and O–H groups in total. The molecule has 0 unspecified atom stereocenters. The summed E-state index contributed by atoms with van der Waals surface area (Å²) >= 11 is 1.92. The number of thioether (sulfide) groups is 1. The van der Waals surface area contributed by atoms with Crippen molar-refractivity contribution in [1.29, 1.82) is 0 Å². The van der Waals surface area contributed by atoms with E-state index in [1.165, 1.54) is 12.8 Å². The van der Waals surface area contributed by atoms with Crippen molar-refractivity contribution in [2.75, 3.05) is 44.4 Å². The maximum atomic E-state index is 8.60. The average Bonchev–Trinajstić information content (AvgIpc) is 2.29. The summed E-state index contributed by atoms with van der Waals surface area (Å²) in [6.07, 6.45) is 3.35. The maximum Gasteiger partial charge on any atom is 0.0469 e. The van der Waals surface area contributed by atoms with Gasteiger partial charge in [0.05, 0.1) is 0 Å². The molecule has 15 heavy (non-hydrogen) atoms. The molecule has 3 nitrogen and oxygen atoms in total. The molecule has 0 spiro atoms. The molecule has 1 aliphatic rings. The van der Waals surface area contributed by atoms with Gasteiger partial charge in [-0.25, -0.2) is 0 Å². The molecule has 0 atom stereocenters. The number of aliphatic hydroxyl groups is 1. The third-order valence-electron chi connectivity index (χ3n) is 2.64. The van der Waals surface area contributed by atoms with E-state index in [0.717, 1.165) is 50.1 Å². The molecule has 4 heteroatoms. The van der Waals surface area contributed by atoms with Crippen LogP contribution in [0.25, 0.3) is 0 Å². The zero-order chi connectivity index (χ0) is 10.8. The second-order valence-corrected chi connectivity index (χ2v) is 5.17. The van der Waals surface area contributed by atoms with Crippen molar-refractivity contribution < 1.29 is 9.84 Å². The summed E-state index contributed by atoms with van der Waals surface area (Å²) in [7, 11) is 0. The van der Waals surface area contributed by atoms with Gasteiger partial charge in [-0.1, -0.05) is 0 Å². The first-order valence-corrected chi connectivity index (χ1v) is 7.06. The molecular formula is C11H23NO2S. The Labute approximate surface area is 97.0 Å². The van der Waals surface area contributed by atoms with Crippen LogP contribution in [0.2, 0.25) is 0 Å². The van der Waals surface area contributed by atoms with Crippen LogP contribution in [0.15, 0.2) is 0 Å². The van der Waals surface area contributed by atoms with Gasteiger partial charge in [-0.05, 0) is 37.5 Å². The molecule has 1 aliphatic heterocycles. The van der Waals surface area contributed by atoms with Crippen molar-refractivity contribution in [2.45, 2.75) is 19.3 Å². The highest BCUT2D eigenvalue weighted by Crippen LogP contribution is 2.13. The van der Waals surface area contributed by atoms with Gasteiger partial charge in [-0.15, -0.1) is 0 Å². The summed E-state index contributed by atoms with van der Waals surface area (Å²) in [5.74, 6) is 3.06. The number of aliphatic hydroxyl groups excluding tert-OH is 1. The van der Waals surface area contributed by atoms with E-state index in [2.05, 4.69) is 5.32 Å². The van der Waals surface area contributed by atoms with Crippen LogP contribution in [0.4, 0.5) is 0 Å². The van der Waals surface area contributed by atoms with E-state index in [-0.39, 0.29) is 0 Å². The molecular weight excluding hydrogens is 210 g/mol. The van der Waals surface area contributed by atoms with E-state index in [1.807, 2.05) is 11.8 Å². The minimum Gasteiger partial charge on any atom is -0.396 e. The molecule has 1 rings (SSSR count). The molecule has 0 aromatic rings. The highest BCUT2D eigenvalue weighted by Gasteiger charge is 2.12. The van der Waals surface area contributed by atoms with Gasteiger partial charge in [-0.2, -0.15) is 11.8 Å². The monoisotopic (exact) mass is 233 g/mol. The van der Waals surface area contributed by atoms with Crippen LogP contribution in [0, 0.1) is 5.92 Å². The van der Waals surface area contributed by atoms with Crippen molar-refractivity contribution in [1.82, 2.24) is 5.32 Å². The second kappa shape index (κ2) is 9.46. The molecule has 1 heterocycles. The fourth-order valence-corrected chi connectivity index (χ4v) is 2.50. The Morgan fingerprint density at radius 3 is 2.80 bits per heavy atom. The quantitative estimate of drug-likeness (QED) is 0.617. The van der Waals surface area contributed by atoms with Crippen LogP contribution < -0.4 is 5.32 Å². The van der Waals surface area contributed by atoms with Crippen molar-refractivity contribution >= 4 is 11.8 Å². The summed E-state index contributed by atoms with van der Waals surface area (Å²) in [6.45, 7) is 4.44. The van der Waals surface area contributed by atoms with Crippen molar-refractivity contribution in [3.63, 3.8) is 0 Å². The molecule has 1 fully saturated rings. The maximum absolute atomic E-state index is 8.60. The Hall–Kier alpha value is 0.230. The first-order chi connectivity index (χ1) is 7.43. The number of hydrogen-bond donors (Lipinski definition) is 2. The molecule has 0 bridgehead atoms. The largest absolute Gasteiger partial charge is 0.396 e. The minimum atomic E-state index is 0.322. The summed E-state index contributed by atoms with van der Waals surface area (Å²) < 4.78 is 5.32. The van der Waals surface area contributed by atoms with Gasteiger partial charge in [0.15, 0.2) is 0 Å². The van der Waals surface area contributed by atoms with Crippen molar-refractivity contribution in [3.05, 3.63) is 0 Å². The van der Waals surface area contributed by atoms with Crippen LogP contribution in [0.3, 0.4) is 0 Å². The van der Waals surface area contributed by atoms with Crippen molar-refractivity contribution in [3.8, 4) is 0 Å². The second-order valence-electron chi connectivity index (χ2n) is 3.95. The van der Waals surface area contributed by atoms with E-state index >= 15 is 0 Å². The SMILES string of the molecule is OCCCSCCNCC1CCOCC1. The van der Waals surface area contributed by atoms with Crippen LogP contribution in [-0.2, 0) is 4.74 Å². The summed E-state index contributed by atoms with van der Waals surface area (Å²) in [5, 5.41) is 12.1. The standard InChI is InChI=1S/C11H23NO2S/c13-5-1-8-15-9-4-12-10-11-2-6-14-7-3-11/h11-13H,1-10H2. The lowest BCUT2D eigenvalue weighted by atomic mass is 10.0. The van der Waals surface area contributed by atoms with E-state index in [9.17, 15) is 0 Å². The van der Waals surface area contributed by atoms with Gasteiger partial charge in [-0.3, -0.25) is 0 Å². The highest BCUT2D eigenvalue weighted by molar-refractivity contribution is 7.99. The topological polar surface area (TPSA) is 41.5 Å². The highest BCUT2D eigenvalue weighted by atomic mass is 32.2. The smallest absolute Gasteiger partial charge is 0.0469 e. The number of ether oxygens (including phenoxy) is 1. The molecule has 0 amide bonds. The average molecular weight is 233 g/mol. The molecule has 90 valence electrons. The third-order valence-corrected chi connectivity index (χ3v) is 3.71. The molecule has 0 aliphatic carbocycles. The molecule has 0 saturated carbocycles. The van der Waals surface area contributed by atoms with Gasteiger partial charge < -0.3 is 15.2 Å². The normalized spacial score (nSPS) is 18.2. The fourth-order valence-electron chi connectivity index (χ4n) is 1.67. The first kappa shape index (κ1) is 13.3. The third kappa shape index (κ3) is 7.17. The molecule has 1 saturated heterocycles. The summed E-state index contributed by atoms with van der Waals surface area (Å²) in [4.78, 5) is 0. The summed E-state index contributed by atoms with van der Waals surface area (Å²) in [6, 6.07) is 0. The number of rotatable bonds is 8. The lowest BCUT2D eigenvalue weighted by Crippen LogP contribution is -2.29. The van der Waals surface area contributed by atoms with E-state index in [0.29, 0.717) is 6.61 Å². The zero-order valence-corrected chi connectivity index (χ0v) is 10.2. The van der Waals surface area contributed by atoms with E-state index < -0.39 is 0 Å². The van der Waals surface area contributed by atoms with Crippen LogP contribution in [-0.4, -0.2) is 49.5 Å². The predicted molar refractivity (Wildman–Crippen MR) is 65.4 cm³/mol. The summed E-state index contributed by atoms with van der Waals surface area (Å²) in [5.41, 5.74) is 0. The van der Waals surface area contributed by atoms with Gasteiger partial charge in [0.1, 0.15) is 0 Å². The Morgan fingerprint density at radius 2 is 2.07 bits per heavy atom. The van der Waals surface area contributed by atoms with Gasteiger partial charge in [0.2, 0.25) is 0 Å². The lowest BCUT2D eigenvalue weighted by Gasteiger charge is -2.22. The Bertz CT molecular complexity index is 141. The van der Waals surface area contributed by atoms with Crippen molar-refractivity contribution in [2.24, 2.45) is 5.92 Å². The molecule has 0 aromatic carbocycles. The Morgan fingerprint density at radius 1 is 1.27 bits per heavy atom. The molecule has 0 aromatic heterocycles. The first-order valence-electron chi connectivity index (χ1n) is 5.90. The van der Waals surface area contributed by atoms with Crippen LogP contribution >= 0.6 is 11.8 Å². The van der Waals surface area contributed by atoms with Gasteiger partial charge >= 0.3 is 0 Å². The fraction of sp³-hybridized carbons (Fsp3) is 1.00. The number of nitrogens with one attached hydrogen (secondary N) is 1. The number of hydrogen-bond acceptors (Lipinski definition) is 4. The van der Waals surface area contributed by atoms with Gasteiger partial charge in [0.25, 0.3) is 0 Å². The Balaban J connectivity index is 1.79. The van der Waals surface area contributed by atoms with E-state index in [4.69, 9.17) is 9.84 Å². The lowest BCUT2D eigenvalue weighted by molar-refractivity contribution is 0.0665. The Kier molecular flexibility index (Phi) is 8.38. The van der Waals surface area contributed by atoms with Crippen LogP contribution in [0.1, 0.15) is 19.3 Å². The zero-order valence-electron chi connectivity index (χ0n) is 9.41. The molecule has 0 radical (unpaired) electrons. The van der Waals surface area contributed by atoms with E-state index in [1.54, 1.807) is 0 Å². The van der Waals surface area contributed by atoms with Gasteiger partial charge in [0, 0.05) is 32.1 Å². The van der Waals surface area contributed by atoms with Crippen LogP contribution in [0.5, 0.6) is 0 Å². The predicted octanol–water partition coefficient (Wildman–Crippen LogP) is 1.12.